The number of hydrogen-bond donors (Lipinski definition) is 0. The Hall–Kier alpha value is -3.22. The summed E-state index contributed by atoms with van der Waals surface area (Å²) in [5.74, 6) is 2.57. The molecular weight excluding hydrogens is 380 g/mol. The van der Waals surface area contributed by atoms with E-state index < -0.39 is 0 Å². The van der Waals surface area contributed by atoms with Crippen molar-refractivity contribution >= 4 is 0 Å². The van der Waals surface area contributed by atoms with E-state index in [-0.39, 0.29) is 5.56 Å². The maximum absolute atomic E-state index is 12.9. The van der Waals surface area contributed by atoms with Crippen molar-refractivity contribution < 1.29 is 9.47 Å². The van der Waals surface area contributed by atoms with Crippen molar-refractivity contribution in [1.29, 1.82) is 0 Å². The molecule has 0 radical (unpaired) electrons. The van der Waals surface area contributed by atoms with Crippen LogP contribution in [0.1, 0.15) is 36.5 Å². The SMILES string of the molecule is CCn1c(C)ccc(-c2cnc(C)nc2OC[C@H]2C[C@@H]2c2ccc(OC)cn2)c1=O. The molecule has 0 N–H and O–H groups in total. The Balaban J connectivity index is 1.53. The van der Waals surface area contributed by atoms with Gasteiger partial charge in [-0.3, -0.25) is 9.78 Å². The molecule has 1 saturated carbocycles. The highest BCUT2D eigenvalue weighted by atomic mass is 16.5. The summed E-state index contributed by atoms with van der Waals surface area (Å²) in [5, 5.41) is 0. The monoisotopic (exact) mass is 406 g/mol. The Labute approximate surface area is 175 Å². The van der Waals surface area contributed by atoms with E-state index in [0.717, 1.165) is 23.6 Å². The van der Waals surface area contributed by atoms with Crippen LogP contribution in [0.3, 0.4) is 0 Å². The molecule has 1 aliphatic rings. The number of hydrogen-bond acceptors (Lipinski definition) is 6. The smallest absolute Gasteiger partial charge is 0.258 e. The van der Waals surface area contributed by atoms with Gasteiger partial charge in [-0.2, -0.15) is 4.98 Å². The zero-order valence-corrected chi connectivity index (χ0v) is 17.8. The highest BCUT2D eigenvalue weighted by Gasteiger charge is 2.40. The fourth-order valence-electron chi connectivity index (χ4n) is 3.72. The highest BCUT2D eigenvalue weighted by molar-refractivity contribution is 5.67. The molecule has 3 aromatic heterocycles. The minimum atomic E-state index is -0.0541. The molecule has 0 saturated heterocycles. The zero-order chi connectivity index (χ0) is 21.3. The fraction of sp³-hybridized carbons (Fsp3) is 0.391. The molecule has 0 aliphatic heterocycles. The van der Waals surface area contributed by atoms with Crippen LogP contribution in [-0.4, -0.2) is 33.2 Å². The van der Waals surface area contributed by atoms with Crippen molar-refractivity contribution in [1.82, 2.24) is 19.5 Å². The van der Waals surface area contributed by atoms with Crippen molar-refractivity contribution in [3.63, 3.8) is 0 Å². The Morgan fingerprint density at radius 1 is 1.10 bits per heavy atom. The van der Waals surface area contributed by atoms with Crippen LogP contribution in [0.5, 0.6) is 11.6 Å². The number of aromatic nitrogens is 4. The molecule has 156 valence electrons. The second-order valence-corrected chi connectivity index (χ2v) is 7.61. The van der Waals surface area contributed by atoms with Gasteiger partial charge >= 0.3 is 0 Å². The number of pyridine rings is 2. The van der Waals surface area contributed by atoms with E-state index in [1.54, 1.807) is 24.1 Å². The first-order valence-electron chi connectivity index (χ1n) is 10.2. The lowest BCUT2D eigenvalue weighted by Crippen LogP contribution is -2.23. The van der Waals surface area contributed by atoms with E-state index in [2.05, 4.69) is 15.0 Å². The van der Waals surface area contributed by atoms with E-state index in [1.165, 1.54) is 0 Å². The Bertz CT molecular complexity index is 1110. The number of nitrogens with zero attached hydrogens (tertiary/aromatic N) is 4. The van der Waals surface area contributed by atoms with Crippen LogP contribution < -0.4 is 15.0 Å². The third kappa shape index (κ3) is 3.92. The van der Waals surface area contributed by atoms with Crippen LogP contribution in [0.25, 0.3) is 11.1 Å². The van der Waals surface area contributed by atoms with Crippen LogP contribution in [0.2, 0.25) is 0 Å². The van der Waals surface area contributed by atoms with Crippen molar-refractivity contribution in [2.75, 3.05) is 13.7 Å². The molecule has 0 aromatic carbocycles. The molecule has 0 unspecified atom stereocenters. The number of methoxy groups -OCH3 is 1. The highest BCUT2D eigenvalue weighted by Crippen LogP contribution is 2.47. The molecule has 2 atom stereocenters. The van der Waals surface area contributed by atoms with Crippen LogP contribution >= 0.6 is 0 Å². The van der Waals surface area contributed by atoms with E-state index in [4.69, 9.17) is 9.47 Å². The third-order valence-corrected chi connectivity index (χ3v) is 5.60. The van der Waals surface area contributed by atoms with Gasteiger partial charge in [0.05, 0.1) is 31.0 Å². The van der Waals surface area contributed by atoms with Gasteiger partial charge in [-0.25, -0.2) is 4.98 Å². The van der Waals surface area contributed by atoms with Crippen molar-refractivity contribution in [2.45, 2.75) is 39.7 Å². The lowest BCUT2D eigenvalue weighted by atomic mass is 10.1. The molecule has 1 aliphatic carbocycles. The summed E-state index contributed by atoms with van der Waals surface area (Å²) < 4.78 is 13.0. The molecule has 1 fully saturated rings. The lowest BCUT2D eigenvalue weighted by molar-refractivity contribution is 0.285. The number of rotatable bonds is 7. The summed E-state index contributed by atoms with van der Waals surface area (Å²) in [5.41, 5.74) is 3.11. The van der Waals surface area contributed by atoms with Gasteiger partial charge in [0, 0.05) is 36.0 Å². The summed E-state index contributed by atoms with van der Waals surface area (Å²) in [7, 11) is 1.63. The predicted octanol–water partition coefficient (Wildman–Crippen LogP) is 3.53. The average Bonchev–Trinajstić information content (AvgIpc) is 3.53. The molecule has 0 spiro atoms. The molecular formula is C23H26N4O3. The van der Waals surface area contributed by atoms with E-state index in [0.29, 0.717) is 47.8 Å². The summed E-state index contributed by atoms with van der Waals surface area (Å²) in [4.78, 5) is 26.2. The van der Waals surface area contributed by atoms with Gasteiger partial charge in [0.1, 0.15) is 11.6 Å². The zero-order valence-electron chi connectivity index (χ0n) is 17.8. The second-order valence-electron chi connectivity index (χ2n) is 7.61. The minimum Gasteiger partial charge on any atom is -0.495 e. The quantitative estimate of drug-likeness (QED) is 0.597. The maximum atomic E-state index is 12.9. The van der Waals surface area contributed by atoms with Crippen LogP contribution in [0.15, 0.2) is 41.5 Å². The molecule has 4 rings (SSSR count). The molecule has 7 heteroatoms. The normalized spacial score (nSPS) is 17.6. The largest absolute Gasteiger partial charge is 0.495 e. The van der Waals surface area contributed by atoms with Gasteiger partial charge in [0.15, 0.2) is 0 Å². The van der Waals surface area contributed by atoms with Crippen LogP contribution in [-0.2, 0) is 6.54 Å². The number of aryl methyl sites for hydroxylation is 2. The first-order chi connectivity index (χ1) is 14.5. The van der Waals surface area contributed by atoms with E-state index >= 15 is 0 Å². The van der Waals surface area contributed by atoms with Gasteiger partial charge in [-0.05, 0) is 51.5 Å². The summed E-state index contributed by atoms with van der Waals surface area (Å²) in [6.45, 7) is 6.84. The van der Waals surface area contributed by atoms with E-state index in [1.807, 2.05) is 45.0 Å². The Kier molecular flexibility index (Phi) is 5.53. The van der Waals surface area contributed by atoms with Gasteiger partial charge in [-0.1, -0.05) is 0 Å². The molecule has 0 bridgehead atoms. The molecule has 3 aromatic rings. The molecule has 30 heavy (non-hydrogen) atoms. The molecule has 7 nitrogen and oxygen atoms in total. The second kappa shape index (κ2) is 8.26. The predicted molar refractivity (Wildman–Crippen MR) is 114 cm³/mol. The van der Waals surface area contributed by atoms with Crippen molar-refractivity contribution in [2.24, 2.45) is 5.92 Å². The Morgan fingerprint density at radius 3 is 2.63 bits per heavy atom. The van der Waals surface area contributed by atoms with Crippen LogP contribution in [0.4, 0.5) is 0 Å². The lowest BCUT2D eigenvalue weighted by Gasteiger charge is -2.13. The maximum Gasteiger partial charge on any atom is 0.258 e. The summed E-state index contributed by atoms with van der Waals surface area (Å²) in [6.07, 6.45) is 4.44. The number of ether oxygens (including phenoxy) is 2. The Morgan fingerprint density at radius 2 is 1.93 bits per heavy atom. The van der Waals surface area contributed by atoms with Crippen molar-refractivity contribution in [3.8, 4) is 22.8 Å². The third-order valence-electron chi connectivity index (χ3n) is 5.60. The van der Waals surface area contributed by atoms with Crippen LogP contribution in [0, 0.1) is 19.8 Å². The molecule has 0 amide bonds. The van der Waals surface area contributed by atoms with Gasteiger partial charge in [0.25, 0.3) is 5.56 Å². The van der Waals surface area contributed by atoms with Gasteiger partial charge in [-0.15, -0.1) is 0 Å². The topological polar surface area (TPSA) is 79.1 Å². The summed E-state index contributed by atoms with van der Waals surface area (Å²) >= 11 is 0. The van der Waals surface area contributed by atoms with Gasteiger partial charge < -0.3 is 14.0 Å². The fourth-order valence-corrected chi connectivity index (χ4v) is 3.72. The van der Waals surface area contributed by atoms with Gasteiger partial charge in [0.2, 0.25) is 5.88 Å². The molecule has 3 heterocycles. The van der Waals surface area contributed by atoms with Crippen molar-refractivity contribution in [3.05, 3.63) is 64.2 Å². The first-order valence-corrected chi connectivity index (χ1v) is 10.2. The first kappa shape index (κ1) is 20.1. The standard InChI is InChI=1S/C23H26N4O3/c1-5-27-14(2)6-8-18(23(27)28)20-12-24-15(3)26-22(20)30-13-16-10-19(16)21-9-7-17(29-4)11-25-21/h6-9,11-12,16,19H,5,10,13H2,1-4H3/t16-,19+/m1/s1. The summed E-state index contributed by atoms with van der Waals surface area (Å²) in [6, 6.07) is 7.70. The van der Waals surface area contributed by atoms with E-state index in [9.17, 15) is 4.79 Å². The minimum absolute atomic E-state index is 0.0541. The average molecular weight is 406 g/mol.